The Morgan fingerprint density at radius 2 is 2.04 bits per heavy atom. The first kappa shape index (κ1) is 17.4. The molecule has 0 radical (unpaired) electrons. The van der Waals surface area contributed by atoms with E-state index in [-0.39, 0.29) is 12.5 Å². The molecule has 0 spiro atoms. The van der Waals surface area contributed by atoms with Crippen LogP contribution in [-0.2, 0) is 11.4 Å². The molecule has 24 heavy (non-hydrogen) atoms. The van der Waals surface area contributed by atoms with Crippen LogP contribution in [0.25, 0.3) is 0 Å². The number of rotatable bonds is 8. The number of hydrogen-bond acceptors (Lipinski definition) is 4. The summed E-state index contributed by atoms with van der Waals surface area (Å²) in [5.74, 6) is 0.674. The van der Waals surface area contributed by atoms with Crippen LogP contribution in [0.4, 0.5) is 5.69 Å². The number of anilines is 1. The normalized spacial score (nSPS) is 9.83. The first-order chi connectivity index (χ1) is 11.7. The largest absolute Gasteiger partial charge is 0.489 e. The molecule has 2 aromatic rings. The molecule has 5 heteroatoms. The van der Waals surface area contributed by atoms with Gasteiger partial charge in [0, 0.05) is 18.3 Å². The number of carbonyl (C=O) groups excluding carboxylic acids is 1. The molecule has 0 bridgehead atoms. The zero-order valence-corrected chi connectivity index (χ0v) is 13.7. The molecular formula is C19H21N3O2. The second-order valence-corrected chi connectivity index (χ2v) is 5.33. The monoisotopic (exact) mass is 323 g/mol. The fourth-order valence-electron chi connectivity index (χ4n) is 2.10. The van der Waals surface area contributed by atoms with Gasteiger partial charge in [-0.2, -0.15) is 5.26 Å². The average Bonchev–Trinajstić information content (AvgIpc) is 2.63. The highest BCUT2D eigenvalue weighted by Gasteiger charge is 2.02. The number of nitrogens with zero attached hydrogens (tertiary/aromatic N) is 1. The van der Waals surface area contributed by atoms with E-state index in [4.69, 9.17) is 10.00 Å². The first-order valence-corrected chi connectivity index (χ1v) is 7.93. The molecule has 0 aliphatic carbocycles. The lowest BCUT2D eigenvalue weighted by molar-refractivity contribution is -0.119. The summed E-state index contributed by atoms with van der Waals surface area (Å²) < 4.78 is 5.75. The molecule has 0 atom stereocenters. The zero-order chi connectivity index (χ0) is 17.2. The third-order valence-electron chi connectivity index (χ3n) is 3.32. The third-order valence-corrected chi connectivity index (χ3v) is 3.32. The van der Waals surface area contributed by atoms with Crippen LogP contribution in [0.1, 0.15) is 24.5 Å². The minimum atomic E-state index is -0.0310. The van der Waals surface area contributed by atoms with Gasteiger partial charge in [0.2, 0.25) is 5.91 Å². The summed E-state index contributed by atoms with van der Waals surface area (Å²) in [5.41, 5.74) is 2.38. The van der Waals surface area contributed by atoms with Gasteiger partial charge in [0.05, 0.1) is 18.2 Å². The maximum atomic E-state index is 11.6. The molecule has 2 rings (SSSR count). The molecule has 0 fully saturated rings. The number of hydrogen-bond donors (Lipinski definition) is 2. The van der Waals surface area contributed by atoms with Gasteiger partial charge in [-0.1, -0.05) is 25.1 Å². The maximum Gasteiger partial charge on any atom is 0.239 e. The van der Waals surface area contributed by atoms with Crippen molar-refractivity contribution in [2.75, 3.05) is 18.4 Å². The van der Waals surface area contributed by atoms with Gasteiger partial charge < -0.3 is 15.4 Å². The van der Waals surface area contributed by atoms with Crippen molar-refractivity contribution in [2.24, 2.45) is 0 Å². The van der Waals surface area contributed by atoms with Crippen LogP contribution in [0.5, 0.6) is 5.75 Å². The third kappa shape index (κ3) is 5.65. The highest BCUT2D eigenvalue weighted by atomic mass is 16.5. The Labute approximate surface area is 142 Å². The van der Waals surface area contributed by atoms with E-state index < -0.39 is 0 Å². The molecular weight excluding hydrogens is 302 g/mol. The Bertz CT molecular complexity index is 723. The van der Waals surface area contributed by atoms with E-state index in [1.807, 2.05) is 43.3 Å². The van der Waals surface area contributed by atoms with Gasteiger partial charge >= 0.3 is 0 Å². The van der Waals surface area contributed by atoms with Gasteiger partial charge in [-0.05, 0) is 36.2 Å². The fraction of sp³-hybridized carbons (Fsp3) is 0.263. The Balaban J connectivity index is 1.88. The molecule has 0 heterocycles. The van der Waals surface area contributed by atoms with Crippen molar-refractivity contribution >= 4 is 11.6 Å². The molecule has 0 aromatic heterocycles. The lowest BCUT2D eigenvalue weighted by Crippen LogP contribution is -2.30. The Hall–Kier alpha value is -3.00. The molecule has 2 aromatic carbocycles. The fourth-order valence-corrected chi connectivity index (χ4v) is 2.10. The molecule has 124 valence electrons. The number of nitriles is 1. The van der Waals surface area contributed by atoms with Crippen LogP contribution >= 0.6 is 0 Å². The Kier molecular flexibility index (Phi) is 6.66. The number of amides is 1. The lowest BCUT2D eigenvalue weighted by Gasteiger charge is -2.10. The van der Waals surface area contributed by atoms with Crippen LogP contribution in [0.3, 0.4) is 0 Å². The van der Waals surface area contributed by atoms with E-state index in [0.29, 0.717) is 24.5 Å². The van der Waals surface area contributed by atoms with Crippen molar-refractivity contribution in [2.45, 2.75) is 20.0 Å². The summed E-state index contributed by atoms with van der Waals surface area (Å²) in [6, 6.07) is 16.9. The topological polar surface area (TPSA) is 74.2 Å². The number of benzene rings is 2. The van der Waals surface area contributed by atoms with Gasteiger partial charge in [-0.25, -0.2) is 0 Å². The predicted molar refractivity (Wildman–Crippen MR) is 93.7 cm³/mol. The molecule has 0 aliphatic heterocycles. The van der Waals surface area contributed by atoms with Gasteiger partial charge in [-0.3, -0.25) is 4.79 Å². The summed E-state index contributed by atoms with van der Waals surface area (Å²) in [6.07, 6.45) is 0.919. The molecule has 0 aliphatic rings. The van der Waals surface area contributed by atoms with Crippen molar-refractivity contribution in [1.82, 2.24) is 5.32 Å². The molecule has 0 unspecified atom stereocenters. The lowest BCUT2D eigenvalue weighted by atomic mass is 10.1. The number of carbonyl (C=O) groups is 1. The molecule has 0 saturated heterocycles. The van der Waals surface area contributed by atoms with E-state index in [0.717, 1.165) is 17.7 Å². The molecule has 5 nitrogen and oxygen atoms in total. The van der Waals surface area contributed by atoms with Gasteiger partial charge in [0.15, 0.2) is 0 Å². The molecule has 1 amide bonds. The van der Waals surface area contributed by atoms with E-state index >= 15 is 0 Å². The van der Waals surface area contributed by atoms with Gasteiger partial charge in [0.1, 0.15) is 12.4 Å². The second kappa shape index (κ2) is 9.21. The zero-order valence-electron chi connectivity index (χ0n) is 13.7. The minimum Gasteiger partial charge on any atom is -0.489 e. The standard InChI is InChI=1S/C19H21N3O2/c1-2-9-21-19(23)13-22-17-7-4-8-18(11-17)24-14-16-6-3-5-15(10-16)12-20/h3-8,10-11,22H,2,9,13-14H2,1H3,(H,21,23). The minimum absolute atomic E-state index is 0.0310. The summed E-state index contributed by atoms with van der Waals surface area (Å²) in [6.45, 7) is 3.32. The summed E-state index contributed by atoms with van der Waals surface area (Å²) in [5, 5.41) is 14.8. The quantitative estimate of drug-likeness (QED) is 0.783. The Morgan fingerprint density at radius 1 is 1.21 bits per heavy atom. The number of ether oxygens (including phenoxy) is 1. The van der Waals surface area contributed by atoms with Crippen LogP contribution in [0, 0.1) is 11.3 Å². The molecule has 2 N–H and O–H groups in total. The molecule has 0 saturated carbocycles. The summed E-state index contributed by atoms with van der Waals surface area (Å²) >= 11 is 0. The van der Waals surface area contributed by atoms with Crippen molar-refractivity contribution in [3.05, 3.63) is 59.7 Å². The van der Waals surface area contributed by atoms with Crippen molar-refractivity contribution < 1.29 is 9.53 Å². The first-order valence-electron chi connectivity index (χ1n) is 7.93. The van der Waals surface area contributed by atoms with E-state index in [1.165, 1.54) is 0 Å². The van der Waals surface area contributed by atoms with E-state index in [9.17, 15) is 4.79 Å². The van der Waals surface area contributed by atoms with E-state index in [1.54, 1.807) is 12.1 Å². The number of nitrogens with one attached hydrogen (secondary N) is 2. The average molecular weight is 323 g/mol. The van der Waals surface area contributed by atoms with E-state index in [2.05, 4.69) is 16.7 Å². The smallest absolute Gasteiger partial charge is 0.239 e. The highest BCUT2D eigenvalue weighted by Crippen LogP contribution is 2.18. The van der Waals surface area contributed by atoms with Crippen LogP contribution < -0.4 is 15.4 Å². The van der Waals surface area contributed by atoms with Gasteiger partial charge in [0.25, 0.3) is 0 Å². The summed E-state index contributed by atoms with van der Waals surface area (Å²) in [7, 11) is 0. The van der Waals surface area contributed by atoms with Crippen molar-refractivity contribution in [3.63, 3.8) is 0 Å². The van der Waals surface area contributed by atoms with Crippen LogP contribution in [0.2, 0.25) is 0 Å². The van der Waals surface area contributed by atoms with Crippen LogP contribution in [0.15, 0.2) is 48.5 Å². The predicted octanol–water partition coefficient (Wildman–Crippen LogP) is 3.08. The van der Waals surface area contributed by atoms with Crippen LogP contribution in [-0.4, -0.2) is 19.0 Å². The van der Waals surface area contributed by atoms with Gasteiger partial charge in [-0.15, -0.1) is 0 Å². The van der Waals surface area contributed by atoms with Crippen molar-refractivity contribution in [3.8, 4) is 11.8 Å². The highest BCUT2D eigenvalue weighted by molar-refractivity contribution is 5.80. The summed E-state index contributed by atoms with van der Waals surface area (Å²) in [4.78, 5) is 11.6. The Morgan fingerprint density at radius 3 is 2.83 bits per heavy atom. The maximum absolute atomic E-state index is 11.6. The SMILES string of the molecule is CCCNC(=O)CNc1cccc(OCc2cccc(C#N)c2)c1. The second-order valence-electron chi connectivity index (χ2n) is 5.33. The van der Waals surface area contributed by atoms with Crippen molar-refractivity contribution in [1.29, 1.82) is 5.26 Å².